The van der Waals surface area contributed by atoms with Crippen LogP contribution in [-0.2, 0) is 9.53 Å². The van der Waals surface area contributed by atoms with Gasteiger partial charge >= 0.3 is 5.97 Å². The standard InChI is InChI=1S/C18H20FN3O2/c1-2-24-18(23)14-9-13(14)15-10-16(11-4-3-5-12(19)8-11)22-17(21-15)6-7-20-22/h3-5,8,10,13-14,17,20H,2,6-7,9H2,1H3. The Morgan fingerprint density at radius 1 is 1.50 bits per heavy atom. The molecule has 4 rings (SSSR count). The predicted octanol–water partition coefficient (Wildman–Crippen LogP) is 2.36. The second kappa shape index (κ2) is 6.02. The van der Waals surface area contributed by atoms with Crippen molar-refractivity contribution >= 4 is 17.4 Å². The molecule has 1 N–H and O–H groups in total. The summed E-state index contributed by atoms with van der Waals surface area (Å²) < 4.78 is 18.7. The lowest BCUT2D eigenvalue weighted by atomic mass is 10.0. The van der Waals surface area contributed by atoms with Crippen molar-refractivity contribution in [2.24, 2.45) is 16.8 Å². The third kappa shape index (κ3) is 2.71. The van der Waals surface area contributed by atoms with E-state index in [2.05, 4.69) is 5.43 Å². The van der Waals surface area contributed by atoms with Gasteiger partial charge in [0.2, 0.25) is 0 Å². The van der Waals surface area contributed by atoms with Gasteiger partial charge in [-0.2, -0.15) is 0 Å². The first-order valence-corrected chi connectivity index (χ1v) is 8.42. The maximum Gasteiger partial charge on any atom is 0.309 e. The van der Waals surface area contributed by atoms with Crippen LogP contribution in [0.3, 0.4) is 0 Å². The Kier molecular flexibility index (Phi) is 3.84. The Balaban J connectivity index is 1.62. The maximum atomic E-state index is 13.6. The lowest BCUT2D eigenvalue weighted by Gasteiger charge is -2.30. The highest BCUT2D eigenvalue weighted by molar-refractivity contribution is 6.07. The van der Waals surface area contributed by atoms with Crippen molar-refractivity contribution in [1.82, 2.24) is 10.4 Å². The van der Waals surface area contributed by atoms with Crippen molar-refractivity contribution in [2.75, 3.05) is 13.2 Å². The first-order valence-electron chi connectivity index (χ1n) is 8.42. The molecule has 0 spiro atoms. The summed E-state index contributed by atoms with van der Waals surface area (Å²) >= 11 is 0. The first kappa shape index (κ1) is 15.3. The number of hydrazine groups is 1. The summed E-state index contributed by atoms with van der Waals surface area (Å²) in [6, 6.07) is 6.57. The van der Waals surface area contributed by atoms with E-state index in [4.69, 9.17) is 9.73 Å². The molecule has 5 nitrogen and oxygen atoms in total. The Labute approximate surface area is 140 Å². The van der Waals surface area contributed by atoms with Gasteiger partial charge in [0.05, 0.1) is 18.2 Å². The molecule has 126 valence electrons. The molecule has 3 atom stereocenters. The zero-order valence-electron chi connectivity index (χ0n) is 13.5. The number of hydrogen-bond donors (Lipinski definition) is 1. The van der Waals surface area contributed by atoms with Gasteiger partial charge in [0.1, 0.15) is 12.0 Å². The summed E-state index contributed by atoms with van der Waals surface area (Å²) in [5.41, 5.74) is 5.96. The summed E-state index contributed by atoms with van der Waals surface area (Å²) in [4.78, 5) is 16.7. The molecule has 3 aliphatic rings. The number of allylic oxidation sites excluding steroid dienone is 1. The number of hydrogen-bond acceptors (Lipinski definition) is 5. The lowest BCUT2D eigenvalue weighted by Crippen LogP contribution is -2.38. The van der Waals surface area contributed by atoms with Crippen LogP contribution in [0.1, 0.15) is 25.3 Å². The molecular weight excluding hydrogens is 309 g/mol. The molecule has 2 fully saturated rings. The summed E-state index contributed by atoms with van der Waals surface area (Å²) in [6.45, 7) is 3.05. The molecule has 0 radical (unpaired) electrons. The predicted molar refractivity (Wildman–Crippen MR) is 88.3 cm³/mol. The van der Waals surface area contributed by atoms with Crippen LogP contribution in [0.15, 0.2) is 35.3 Å². The van der Waals surface area contributed by atoms with E-state index < -0.39 is 0 Å². The van der Waals surface area contributed by atoms with Crippen LogP contribution in [0, 0.1) is 17.7 Å². The normalized spacial score (nSPS) is 28.1. The number of nitrogens with one attached hydrogen (secondary N) is 1. The van der Waals surface area contributed by atoms with Crippen LogP contribution in [0.5, 0.6) is 0 Å². The summed E-state index contributed by atoms with van der Waals surface area (Å²) in [6.07, 6.45) is 3.66. The number of rotatable bonds is 4. The third-order valence-electron chi connectivity index (χ3n) is 4.71. The molecule has 3 unspecified atom stereocenters. The summed E-state index contributed by atoms with van der Waals surface area (Å²) in [5.74, 6) is -0.369. The highest BCUT2D eigenvalue weighted by Crippen LogP contribution is 2.43. The molecule has 1 saturated heterocycles. The van der Waals surface area contributed by atoms with Gasteiger partial charge in [-0.3, -0.25) is 14.8 Å². The average Bonchev–Trinajstić information content (AvgIpc) is 3.24. The van der Waals surface area contributed by atoms with E-state index in [0.29, 0.717) is 6.61 Å². The summed E-state index contributed by atoms with van der Waals surface area (Å²) in [7, 11) is 0. The molecule has 24 heavy (non-hydrogen) atoms. The van der Waals surface area contributed by atoms with E-state index in [1.165, 1.54) is 12.1 Å². The topological polar surface area (TPSA) is 53.9 Å². The fourth-order valence-corrected chi connectivity index (χ4v) is 3.44. The van der Waals surface area contributed by atoms with Crippen LogP contribution in [0.2, 0.25) is 0 Å². The molecule has 0 bridgehead atoms. The number of benzene rings is 1. The Morgan fingerprint density at radius 2 is 2.38 bits per heavy atom. The van der Waals surface area contributed by atoms with Crippen molar-refractivity contribution in [3.05, 3.63) is 41.7 Å². The molecule has 1 aromatic carbocycles. The van der Waals surface area contributed by atoms with Crippen LogP contribution >= 0.6 is 0 Å². The largest absolute Gasteiger partial charge is 0.466 e. The molecule has 1 saturated carbocycles. The number of nitrogens with zero attached hydrogens (tertiary/aromatic N) is 2. The van der Waals surface area contributed by atoms with Gasteiger partial charge in [0, 0.05) is 30.2 Å². The van der Waals surface area contributed by atoms with Crippen LogP contribution < -0.4 is 5.43 Å². The molecule has 6 heteroatoms. The average molecular weight is 329 g/mol. The van der Waals surface area contributed by atoms with Crippen molar-refractivity contribution in [3.63, 3.8) is 0 Å². The van der Waals surface area contributed by atoms with Crippen molar-refractivity contribution in [3.8, 4) is 0 Å². The minimum absolute atomic E-state index is 0.00622. The van der Waals surface area contributed by atoms with E-state index in [-0.39, 0.29) is 29.8 Å². The first-order chi connectivity index (χ1) is 11.7. The number of aliphatic imine (C=N–C) groups is 1. The zero-order chi connectivity index (χ0) is 16.7. The van der Waals surface area contributed by atoms with Crippen molar-refractivity contribution in [2.45, 2.75) is 25.9 Å². The zero-order valence-corrected chi connectivity index (χ0v) is 13.5. The Hall–Kier alpha value is -2.21. The van der Waals surface area contributed by atoms with Gasteiger partial charge in [-0.1, -0.05) is 12.1 Å². The molecular formula is C18H20FN3O2. The highest BCUT2D eigenvalue weighted by atomic mass is 19.1. The maximum absolute atomic E-state index is 13.6. The van der Waals surface area contributed by atoms with Gasteiger partial charge in [0.25, 0.3) is 0 Å². The van der Waals surface area contributed by atoms with Gasteiger partial charge in [-0.25, -0.2) is 9.82 Å². The van der Waals surface area contributed by atoms with Gasteiger partial charge in [-0.05, 0) is 31.6 Å². The minimum atomic E-state index is -0.260. The number of fused-ring (bicyclic) bond motifs is 1. The fourth-order valence-electron chi connectivity index (χ4n) is 3.44. The minimum Gasteiger partial charge on any atom is -0.466 e. The number of esters is 1. The Morgan fingerprint density at radius 3 is 3.17 bits per heavy atom. The highest BCUT2D eigenvalue weighted by Gasteiger charge is 2.48. The molecule has 1 aromatic rings. The molecule has 0 amide bonds. The molecule has 1 aliphatic carbocycles. The number of halogens is 1. The number of carbonyl (C=O) groups is 1. The van der Waals surface area contributed by atoms with Gasteiger partial charge in [-0.15, -0.1) is 0 Å². The monoisotopic (exact) mass is 329 g/mol. The second-order valence-electron chi connectivity index (χ2n) is 6.34. The van der Waals surface area contributed by atoms with Crippen molar-refractivity contribution in [1.29, 1.82) is 0 Å². The fraction of sp³-hybridized carbons (Fsp3) is 0.444. The van der Waals surface area contributed by atoms with Gasteiger partial charge < -0.3 is 4.74 Å². The summed E-state index contributed by atoms with van der Waals surface area (Å²) in [5, 5.41) is 2.00. The molecule has 2 heterocycles. The number of carbonyl (C=O) groups excluding carboxylic acids is 1. The third-order valence-corrected chi connectivity index (χ3v) is 4.71. The van der Waals surface area contributed by atoms with Crippen molar-refractivity contribution < 1.29 is 13.9 Å². The van der Waals surface area contributed by atoms with Crippen LogP contribution in [-0.4, -0.2) is 36.0 Å². The van der Waals surface area contributed by atoms with E-state index in [1.54, 1.807) is 6.07 Å². The second-order valence-corrected chi connectivity index (χ2v) is 6.34. The molecule has 2 aliphatic heterocycles. The smallest absolute Gasteiger partial charge is 0.309 e. The number of ether oxygens (including phenoxy) is 1. The van der Waals surface area contributed by atoms with E-state index in [9.17, 15) is 9.18 Å². The lowest BCUT2D eigenvalue weighted by molar-refractivity contribution is -0.144. The Bertz CT molecular complexity index is 731. The SMILES string of the molecule is CCOC(=O)C1CC1C1=NC2CCNN2C(c2cccc(F)c2)=C1. The van der Waals surface area contributed by atoms with E-state index >= 15 is 0 Å². The molecule has 0 aromatic heterocycles. The quantitative estimate of drug-likeness (QED) is 0.862. The van der Waals surface area contributed by atoms with Gasteiger partial charge in [0.15, 0.2) is 0 Å². The van der Waals surface area contributed by atoms with E-state index in [1.807, 2.05) is 24.1 Å². The van der Waals surface area contributed by atoms with E-state index in [0.717, 1.165) is 36.4 Å². The van der Waals surface area contributed by atoms with Crippen LogP contribution in [0.4, 0.5) is 4.39 Å². The van der Waals surface area contributed by atoms with Crippen LogP contribution in [0.25, 0.3) is 5.70 Å².